The third kappa shape index (κ3) is 5.20. The molecule has 1 aromatic heterocycles. The van der Waals surface area contributed by atoms with Gasteiger partial charge in [-0.15, -0.1) is 0 Å². The number of benzene rings is 2. The zero-order valence-electron chi connectivity index (χ0n) is 18.5. The maximum Gasteiger partial charge on any atom is 0.241 e. The highest BCUT2D eigenvalue weighted by molar-refractivity contribution is 5.79. The van der Waals surface area contributed by atoms with Gasteiger partial charge in [-0.25, -0.2) is 0 Å². The van der Waals surface area contributed by atoms with Crippen molar-refractivity contribution in [3.05, 3.63) is 71.1 Å². The average Bonchev–Trinajstić information content (AvgIpc) is 3.23. The summed E-state index contributed by atoms with van der Waals surface area (Å²) in [4.78, 5) is 21.7. The predicted octanol–water partition coefficient (Wildman–Crippen LogP) is 4.22. The molecule has 6 nitrogen and oxygen atoms in total. The Morgan fingerprint density at radius 2 is 1.94 bits per heavy atom. The number of nitrogens with zero attached hydrogens (tertiary/aromatic N) is 4. The van der Waals surface area contributed by atoms with Gasteiger partial charge in [-0.05, 0) is 44.4 Å². The van der Waals surface area contributed by atoms with E-state index in [2.05, 4.69) is 46.2 Å². The van der Waals surface area contributed by atoms with Gasteiger partial charge in [0.15, 0.2) is 0 Å². The van der Waals surface area contributed by atoms with Crippen molar-refractivity contribution in [2.24, 2.45) is 5.92 Å². The minimum absolute atomic E-state index is 0.00274. The van der Waals surface area contributed by atoms with Gasteiger partial charge < -0.3 is 9.42 Å². The number of carbonyl (C=O) groups is 1. The summed E-state index contributed by atoms with van der Waals surface area (Å²) in [5, 5.41) is 4.16. The van der Waals surface area contributed by atoms with E-state index >= 15 is 0 Å². The zero-order chi connectivity index (χ0) is 21.8. The molecule has 1 fully saturated rings. The summed E-state index contributed by atoms with van der Waals surface area (Å²) in [5.74, 6) is 1.43. The highest BCUT2D eigenvalue weighted by atomic mass is 16.5. The van der Waals surface area contributed by atoms with Crippen molar-refractivity contribution >= 4 is 5.91 Å². The van der Waals surface area contributed by atoms with E-state index in [1.807, 2.05) is 43.1 Å². The van der Waals surface area contributed by atoms with Gasteiger partial charge in [0.2, 0.25) is 17.6 Å². The van der Waals surface area contributed by atoms with Crippen LogP contribution in [0, 0.1) is 19.8 Å². The molecule has 2 heterocycles. The van der Waals surface area contributed by atoms with E-state index in [0.717, 1.165) is 42.6 Å². The van der Waals surface area contributed by atoms with Gasteiger partial charge in [-0.3, -0.25) is 9.69 Å². The Morgan fingerprint density at radius 1 is 1.16 bits per heavy atom. The molecular weight excluding hydrogens is 388 g/mol. The second kappa shape index (κ2) is 9.43. The number of amides is 1. The highest BCUT2D eigenvalue weighted by Gasteiger charge is 2.29. The lowest BCUT2D eigenvalue weighted by Gasteiger charge is -2.33. The molecule has 1 aliphatic rings. The van der Waals surface area contributed by atoms with E-state index in [9.17, 15) is 4.79 Å². The molecule has 1 saturated heterocycles. The van der Waals surface area contributed by atoms with Gasteiger partial charge in [0.05, 0.1) is 12.5 Å². The molecule has 162 valence electrons. The Labute approximate surface area is 183 Å². The second-order valence-electron chi connectivity index (χ2n) is 8.58. The lowest BCUT2D eigenvalue weighted by atomic mass is 9.96. The second-order valence-corrected chi connectivity index (χ2v) is 8.58. The fourth-order valence-electron chi connectivity index (χ4n) is 4.20. The van der Waals surface area contributed by atoms with Gasteiger partial charge in [-0.1, -0.05) is 59.3 Å². The number of piperidine rings is 1. The van der Waals surface area contributed by atoms with Crippen LogP contribution in [0.3, 0.4) is 0 Å². The van der Waals surface area contributed by atoms with Crippen LogP contribution in [0.4, 0.5) is 0 Å². The Kier molecular flexibility index (Phi) is 6.47. The van der Waals surface area contributed by atoms with E-state index in [-0.39, 0.29) is 11.8 Å². The largest absolute Gasteiger partial charge is 0.341 e. The predicted molar refractivity (Wildman–Crippen MR) is 120 cm³/mol. The molecule has 0 aliphatic carbocycles. The molecule has 0 bridgehead atoms. The van der Waals surface area contributed by atoms with Crippen LogP contribution in [0.5, 0.6) is 0 Å². The van der Waals surface area contributed by atoms with Gasteiger partial charge in [0.25, 0.3) is 0 Å². The Bertz CT molecular complexity index is 1030. The molecule has 3 aromatic rings. The average molecular weight is 419 g/mol. The van der Waals surface area contributed by atoms with Crippen LogP contribution in [0.2, 0.25) is 0 Å². The lowest BCUT2D eigenvalue weighted by Crippen LogP contribution is -2.43. The molecule has 6 heteroatoms. The molecule has 1 aliphatic heterocycles. The van der Waals surface area contributed by atoms with E-state index in [1.165, 1.54) is 5.56 Å². The van der Waals surface area contributed by atoms with E-state index in [4.69, 9.17) is 4.52 Å². The maximum atomic E-state index is 13.0. The molecule has 2 aromatic carbocycles. The SMILES string of the molecule is Cc1ccc(CN(C)C(=O)C2CCCN(Cc3nc(-c4ccccc4C)no3)C2)cc1. The van der Waals surface area contributed by atoms with Crippen LogP contribution in [-0.2, 0) is 17.9 Å². The fraction of sp³-hybridized carbons (Fsp3) is 0.400. The Morgan fingerprint density at radius 3 is 2.71 bits per heavy atom. The van der Waals surface area contributed by atoms with Crippen LogP contribution in [0.1, 0.15) is 35.4 Å². The zero-order valence-corrected chi connectivity index (χ0v) is 18.5. The molecule has 31 heavy (non-hydrogen) atoms. The van der Waals surface area contributed by atoms with Crippen molar-refractivity contribution in [1.29, 1.82) is 0 Å². The summed E-state index contributed by atoms with van der Waals surface area (Å²) < 4.78 is 5.51. The van der Waals surface area contributed by atoms with Crippen molar-refractivity contribution in [2.45, 2.75) is 39.8 Å². The third-order valence-corrected chi connectivity index (χ3v) is 5.98. The Balaban J connectivity index is 1.36. The lowest BCUT2D eigenvalue weighted by molar-refractivity contribution is -0.136. The highest BCUT2D eigenvalue weighted by Crippen LogP contribution is 2.23. The third-order valence-electron chi connectivity index (χ3n) is 5.98. The van der Waals surface area contributed by atoms with Gasteiger partial charge in [0, 0.05) is 25.7 Å². The van der Waals surface area contributed by atoms with Crippen LogP contribution < -0.4 is 0 Å². The van der Waals surface area contributed by atoms with E-state index in [0.29, 0.717) is 24.8 Å². The fourth-order valence-corrected chi connectivity index (χ4v) is 4.20. The summed E-state index contributed by atoms with van der Waals surface area (Å²) in [7, 11) is 1.90. The summed E-state index contributed by atoms with van der Waals surface area (Å²) in [6, 6.07) is 16.4. The van der Waals surface area contributed by atoms with Crippen molar-refractivity contribution in [3.8, 4) is 11.4 Å². The standard InChI is InChI=1S/C25H30N4O2/c1-18-10-12-20(13-11-18)15-28(3)25(30)21-8-6-14-29(16-21)17-23-26-24(27-31-23)22-9-5-4-7-19(22)2/h4-5,7,9-13,21H,6,8,14-17H2,1-3H3. The molecule has 1 atom stereocenters. The smallest absolute Gasteiger partial charge is 0.241 e. The summed E-state index contributed by atoms with van der Waals surface area (Å²) in [6.07, 6.45) is 1.92. The monoisotopic (exact) mass is 418 g/mol. The van der Waals surface area contributed by atoms with Crippen LogP contribution >= 0.6 is 0 Å². The van der Waals surface area contributed by atoms with E-state index in [1.54, 1.807) is 0 Å². The molecule has 1 amide bonds. The molecule has 1 unspecified atom stereocenters. The molecule has 0 radical (unpaired) electrons. The summed E-state index contributed by atoms with van der Waals surface area (Å²) >= 11 is 0. The van der Waals surface area contributed by atoms with Crippen molar-refractivity contribution in [3.63, 3.8) is 0 Å². The van der Waals surface area contributed by atoms with Crippen molar-refractivity contribution in [2.75, 3.05) is 20.1 Å². The molecular formula is C25H30N4O2. The normalized spacial score (nSPS) is 16.9. The van der Waals surface area contributed by atoms with E-state index < -0.39 is 0 Å². The molecule has 0 N–H and O–H groups in total. The topological polar surface area (TPSA) is 62.5 Å². The number of likely N-dealkylation sites (tertiary alicyclic amines) is 1. The minimum atomic E-state index is 0.00274. The van der Waals surface area contributed by atoms with Crippen LogP contribution in [-0.4, -0.2) is 46.0 Å². The number of aromatic nitrogens is 2. The van der Waals surface area contributed by atoms with Crippen molar-refractivity contribution in [1.82, 2.24) is 19.9 Å². The summed E-state index contributed by atoms with van der Waals surface area (Å²) in [6.45, 7) is 6.98. The van der Waals surface area contributed by atoms with Crippen molar-refractivity contribution < 1.29 is 9.32 Å². The maximum absolute atomic E-state index is 13.0. The van der Waals surface area contributed by atoms with Crippen LogP contribution in [0.15, 0.2) is 53.1 Å². The van der Waals surface area contributed by atoms with Gasteiger partial charge in [0.1, 0.15) is 0 Å². The van der Waals surface area contributed by atoms with Gasteiger partial charge >= 0.3 is 0 Å². The first-order valence-electron chi connectivity index (χ1n) is 10.9. The first-order valence-corrected chi connectivity index (χ1v) is 10.9. The number of aryl methyl sites for hydroxylation is 2. The molecule has 0 saturated carbocycles. The number of carbonyl (C=O) groups excluding carboxylic acids is 1. The number of rotatable bonds is 6. The molecule has 4 rings (SSSR count). The minimum Gasteiger partial charge on any atom is -0.341 e. The number of hydrogen-bond donors (Lipinski definition) is 0. The first kappa shape index (κ1) is 21.2. The molecule has 0 spiro atoms. The van der Waals surface area contributed by atoms with Gasteiger partial charge in [-0.2, -0.15) is 4.98 Å². The summed E-state index contributed by atoms with van der Waals surface area (Å²) in [5.41, 5.74) is 4.49. The number of hydrogen-bond acceptors (Lipinski definition) is 5. The Hall–Kier alpha value is -2.99. The van der Waals surface area contributed by atoms with Crippen LogP contribution in [0.25, 0.3) is 11.4 Å². The first-order chi connectivity index (χ1) is 15.0. The quantitative estimate of drug-likeness (QED) is 0.600.